The summed E-state index contributed by atoms with van der Waals surface area (Å²) in [6.07, 6.45) is -3.82. The van der Waals surface area contributed by atoms with Gasteiger partial charge in [-0.25, -0.2) is 0 Å². The lowest BCUT2D eigenvalue weighted by Gasteiger charge is -2.11. The molecule has 2 rings (SSSR count). The molecule has 0 fully saturated rings. The number of aldehydes is 1. The van der Waals surface area contributed by atoms with E-state index in [2.05, 4.69) is 0 Å². The van der Waals surface area contributed by atoms with Gasteiger partial charge in [-0.1, -0.05) is 12.1 Å². The summed E-state index contributed by atoms with van der Waals surface area (Å²) in [7, 11) is 1.45. The number of halogens is 3. The second kappa shape index (κ2) is 5.36. The minimum absolute atomic E-state index is 0.281. The van der Waals surface area contributed by atoms with Gasteiger partial charge in [0.05, 0.1) is 12.7 Å². The van der Waals surface area contributed by atoms with Crippen LogP contribution in [0.15, 0.2) is 42.5 Å². The van der Waals surface area contributed by atoms with Gasteiger partial charge in [-0.2, -0.15) is 13.2 Å². The predicted molar refractivity (Wildman–Crippen MR) is 68.8 cm³/mol. The first kappa shape index (κ1) is 14.1. The van der Waals surface area contributed by atoms with Gasteiger partial charge in [0.2, 0.25) is 0 Å². The number of ether oxygens (including phenoxy) is 1. The van der Waals surface area contributed by atoms with E-state index in [1.165, 1.54) is 25.3 Å². The maximum Gasteiger partial charge on any atom is 0.416 e. The molecule has 0 unspecified atom stereocenters. The molecule has 0 N–H and O–H groups in total. The third-order valence-corrected chi connectivity index (χ3v) is 2.89. The Labute approximate surface area is 113 Å². The van der Waals surface area contributed by atoms with E-state index in [-0.39, 0.29) is 5.56 Å². The summed E-state index contributed by atoms with van der Waals surface area (Å²) in [5, 5.41) is 0. The number of carbonyl (C=O) groups is 1. The van der Waals surface area contributed by atoms with Crippen molar-refractivity contribution in [2.75, 3.05) is 7.11 Å². The highest BCUT2D eigenvalue weighted by Gasteiger charge is 2.30. The Morgan fingerprint density at radius 3 is 2.45 bits per heavy atom. The van der Waals surface area contributed by atoms with Gasteiger partial charge < -0.3 is 4.74 Å². The van der Waals surface area contributed by atoms with Gasteiger partial charge in [0.15, 0.2) is 6.29 Å². The van der Waals surface area contributed by atoms with Crippen LogP contribution in [0.25, 0.3) is 11.1 Å². The molecule has 0 amide bonds. The zero-order valence-corrected chi connectivity index (χ0v) is 10.6. The maximum absolute atomic E-state index is 12.7. The number of benzene rings is 2. The SMILES string of the molecule is COc1ccc(-c2cccc(C(F)(F)F)c2)c(C=O)c1. The molecule has 0 saturated carbocycles. The second-order valence-electron chi connectivity index (χ2n) is 4.15. The zero-order valence-electron chi connectivity index (χ0n) is 10.6. The Morgan fingerprint density at radius 1 is 1.10 bits per heavy atom. The first-order valence-electron chi connectivity index (χ1n) is 5.76. The number of alkyl halides is 3. The fourth-order valence-corrected chi connectivity index (χ4v) is 1.89. The highest BCUT2D eigenvalue weighted by Crippen LogP contribution is 2.33. The van der Waals surface area contributed by atoms with Crippen molar-refractivity contribution >= 4 is 6.29 Å². The molecule has 0 aromatic heterocycles. The van der Waals surface area contributed by atoms with E-state index in [1.54, 1.807) is 12.1 Å². The van der Waals surface area contributed by atoms with Crippen molar-refractivity contribution < 1.29 is 22.7 Å². The minimum Gasteiger partial charge on any atom is -0.497 e. The zero-order chi connectivity index (χ0) is 14.8. The molecule has 2 aromatic rings. The van der Waals surface area contributed by atoms with E-state index in [0.717, 1.165) is 12.1 Å². The van der Waals surface area contributed by atoms with Crippen LogP contribution in [0.5, 0.6) is 5.75 Å². The Hall–Kier alpha value is -2.30. The lowest BCUT2D eigenvalue weighted by molar-refractivity contribution is -0.137. The van der Waals surface area contributed by atoms with E-state index < -0.39 is 11.7 Å². The largest absolute Gasteiger partial charge is 0.497 e. The van der Waals surface area contributed by atoms with E-state index in [1.807, 2.05) is 0 Å². The lowest BCUT2D eigenvalue weighted by Crippen LogP contribution is -2.04. The van der Waals surface area contributed by atoms with E-state index in [0.29, 0.717) is 23.2 Å². The van der Waals surface area contributed by atoms with Crippen molar-refractivity contribution in [3.8, 4) is 16.9 Å². The minimum atomic E-state index is -4.41. The Bertz CT molecular complexity index is 633. The van der Waals surface area contributed by atoms with E-state index in [4.69, 9.17) is 4.74 Å². The van der Waals surface area contributed by atoms with Crippen molar-refractivity contribution in [1.82, 2.24) is 0 Å². The highest BCUT2D eigenvalue weighted by molar-refractivity contribution is 5.88. The number of hydrogen-bond acceptors (Lipinski definition) is 2. The van der Waals surface area contributed by atoms with Gasteiger partial charge in [-0.3, -0.25) is 4.79 Å². The average molecular weight is 280 g/mol. The van der Waals surface area contributed by atoms with Crippen molar-refractivity contribution in [2.24, 2.45) is 0 Å². The molecular formula is C15H11F3O2. The number of hydrogen-bond donors (Lipinski definition) is 0. The summed E-state index contributed by atoms with van der Waals surface area (Å²) < 4.78 is 43.1. The lowest BCUT2D eigenvalue weighted by atomic mass is 9.98. The number of carbonyl (C=O) groups excluding carboxylic acids is 1. The smallest absolute Gasteiger partial charge is 0.416 e. The van der Waals surface area contributed by atoms with Crippen molar-refractivity contribution in [3.63, 3.8) is 0 Å². The molecule has 0 radical (unpaired) electrons. The normalized spacial score (nSPS) is 11.2. The van der Waals surface area contributed by atoms with Crippen molar-refractivity contribution in [1.29, 1.82) is 0 Å². The first-order valence-corrected chi connectivity index (χ1v) is 5.76. The molecule has 20 heavy (non-hydrogen) atoms. The summed E-state index contributed by atoms with van der Waals surface area (Å²) in [6.45, 7) is 0. The van der Waals surface area contributed by atoms with Gasteiger partial charge >= 0.3 is 6.18 Å². The topological polar surface area (TPSA) is 26.3 Å². The molecule has 0 saturated heterocycles. The quantitative estimate of drug-likeness (QED) is 0.788. The molecule has 0 bridgehead atoms. The monoisotopic (exact) mass is 280 g/mol. The highest BCUT2D eigenvalue weighted by atomic mass is 19.4. The molecule has 0 aliphatic rings. The Balaban J connectivity index is 2.54. The molecule has 104 valence electrons. The summed E-state index contributed by atoms with van der Waals surface area (Å²) in [5.41, 5.74) is 0.308. The van der Waals surface area contributed by atoms with E-state index >= 15 is 0 Å². The maximum atomic E-state index is 12.7. The summed E-state index contributed by atoms with van der Waals surface area (Å²) in [5.74, 6) is 0.475. The summed E-state index contributed by atoms with van der Waals surface area (Å²) >= 11 is 0. The van der Waals surface area contributed by atoms with Crippen LogP contribution >= 0.6 is 0 Å². The van der Waals surface area contributed by atoms with Crippen LogP contribution in [0.4, 0.5) is 13.2 Å². The molecule has 0 aliphatic carbocycles. The standard InChI is InChI=1S/C15H11F3O2/c1-20-13-5-6-14(11(8-13)9-19)10-3-2-4-12(7-10)15(16,17)18/h2-9H,1H3. The van der Waals surface area contributed by atoms with Crippen LogP contribution < -0.4 is 4.74 Å². The Kier molecular flexibility index (Phi) is 3.79. The molecule has 0 heterocycles. The fraction of sp³-hybridized carbons (Fsp3) is 0.133. The van der Waals surface area contributed by atoms with Crippen molar-refractivity contribution in [2.45, 2.75) is 6.18 Å². The second-order valence-corrected chi connectivity index (χ2v) is 4.15. The fourth-order valence-electron chi connectivity index (χ4n) is 1.89. The Morgan fingerprint density at radius 2 is 1.85 bits per heavy atom. The van der Waals surface area contributed by atoms with Crippen LogP contribution in [0.1, 0.15) is 15.9 Å². The first-order chi connectivity index (χ1) is 9.45. The summed E-state index contributed by atoms with van der Waals surface area (Å²) in [6, 6.07) is 9.52. The van der Waals surface area contributed by atoms with E-state index in [9.17, 15) is 18.0 Å². The van der Waals surface area contributed by atoms with Gasteiger partial charge in [0.25, 0.3) is 0 Å². The third kappa shape index (κ3) is 2.82. The number of methoxy groups -OCH3 is 1. The van der Waals surface area contributed by atoms with Gasteiger partial charge in [0, 0.05) is 5.56 Å². The van der Waals surface area contributed by atoms with Gasteiger partial charge in [-0.05, 0) is 41.5 Å². The molecular weight excluding hydrogens is 269 g/mol. The van der Waals surface area contributed by atoms with Crippen molar-refractivity contribution in [3.05, 3.63) is 53.6 Å². The molecule has 0 aliphatic heterocycles. The van der Waals surface area contributed by atoms with Crippen LogP contribution in [0.3, 0.4) is 0 Å². The van der Waals surface area contributed by atoms with Crippen LogP contribution in [0, 0.1) is 0 Å². The van der Waals surface area contributed by atoms with Crippen LogP contribution in [-0.2, 0) is 6.18 Å². The summed E-state index contributed by atoms with van der Waals surface area (Å²) in [4.78, 5) is 11.1. The molecule has 0 spiro atoms. The van der Waals surface area contributed by atoms with Gasteiger partial charge in [-0.15, -0.1) is 0 Å². The van der Waals surface area contributed by atoms with Crippen LogP contribution in [0.2, 0.25) is 0 Å². The molecule has 0 atom stereocenters. The predicted octanol–water partition coefficient (Wildman–Crippen LogP) is 4.19. The van der Waals surface area contributed by atoms with Crippen LogP contribution in [-0.4, -0.2) is 13.4 Å². The molecule has 5 heteroatoms. The molecule has 2 nitrogen and oxygen atoms in total. The molecule has 2 aromatic carbocycles. The van der Waals surface area contributed by atoms with Gasteiger partial charge in [0.1, 0.15) is 5.75 Å². The average Bonchev–Trinajstić information content (AvgIpc) is 2.45. The third-order valence-electron chi connectivity index (χ3n) is 2.89. The number of rotatable bonds is 3.